The van der Waals surface area contributed by atoms with Crippen molar-refractivity contribution < 1.29 is 23.8 Å². The van der Waals surface area contributed by atoms with Gasteiger partial charge in [-0.25, -0.2) is 9.79 Å². The smallest absolute Gasteiger partial charge is 0.338 e. The number of hydrogen-bond acceptors (Lipinski definition) is 8. The minimum atomic E-state index is -0.570. The van der Waals surface area contributed by atoms with Gasteiger partial charge >= 0.3 is 5.97 Å². The van der Waals surface area contributed by atoms with Gasteiger partial charge in [0.05, 0.1) is 36.9 Å². The number of amides is 1. The van der Waals surface area contributed by atoms with E-state index in [9.17, 15) is 9.59 Å². The van der Waals surface area contributed by atoms with Gasteiger partial charge in [0, 0.05) is 31.5 Å². The van der Waals surface area contributed by atoms with Gasteiger partial charge in [0.1, 0.15) is 6.61 Å². The van der Waals surface area contributed by atoms with E-state index in [4.69, 9.17) is 25.8 Å². The molecule has 0 fully saturated rings. The zero-order valence-electron chi connectivity index (χ0n) is 18.2. The average Bonchev–Trinajstić information content (AvgIpc) is 3.15. The Hall–Kier alpha value is -2.33. The summed E-state index contributed by atoms with van der Waals surface area (Å²) in [6.07, 6.45) is 0.127. The molecular formula is C22H26ClN3O5S. The van der Waals surface area contributed by atoms with Crippen molar-refractivity contribution in [1.29, 1.82) is 0 Å². The predicted octanol–water partition coefficient (Wildman–Crippen LogP) is 3.26. The molecule has 0 radical (unpaired) electrons. The third-order valence-electron chi connectivity index (χ3n) is 4.91. The molecule has 0 spiro atoms. The van der Waals surface area contributed by atoms with Crippen molar-refractivity contribution in [2.24, 2.45) is 4.99 Å². The molecule has 2 aliphatic rings. The summed E-state index contributed by atoms with van der Waals surface area (Å²) in [7, 11) is 3.12. The number of benzene rings is 1. The lowest BCUT2D eigenvalue weighted by molar-refractivity contribution is -0.141. The minimum Gasteiger partial charge on any atom is -0.460 e. The van der Waals surface area contributed by atoms with Crippen LogP contribution in [0.1, 0.15) is 24.9 Å². The second-order valence-electron chi connectivity index (χ2n) is 7.06. The van der Waals surface area contributed by atoms with Gasteiger partial charge < -0.3 is 24.4 Å². The number of amidine groups is 1. The van der Waals surface area contributed by atoms with Crippen LogP contribution in [0.4, 0.5) is 0 Å². The van der Waals surface area contributed by atoms with Gasteiger partial charge in [-0.2, -0.15) is 0 Å². The first kappa shape index (κ1) is 24.3. The van der Waals surface area contributed by atoms with Crippen LogP contribution in [0, 0.1) is 0 Å². The number of hydrogen-bond donors (Lipinski definition) is 1. The number of carbonyl (C=O) groups is 2. The van der Waals surface area contributed by atoms with E-state index in [-0.39, 0.29) is 25.5 Å². The minimum absolute atomic E-state index is 0.122. The fourth-order valence-electron chi connectivity index (χ4n) is 3.44. The van der Waals surface area contributed by atoms with Crippen LogP contribution >= 0.6 is 23.4 Å². The van der Waals surface area contributed by atoms with E-state index in [2.05, 4.69) is 10.3 Å². The zero-order chi connectivity index (χ0) is 23.1. The third-order valence-corrected chi connectivity index (χ3v) is 6.14. The fourth-order valence-corrected chi connectivity index (χ4v) is 4.64. The van der Waals surface area contributed by atoms with Gasteiger partial charge in [-0.15, -0.1) is 0 Å². The molecule has 1 N–H and O–H groups in total. The lowest BCUT2D eigenvalue weighted by Crippen LogP contribution is -2.38. The Morgan fingerprint density at radius 1 is 1.19 bits per heavy atom. The standard InChI is InChI=1S/C22H26ClN3O5S/c1-14-19(21(28)31-11-10-30-3)20(16-6-4-5-7-17(16)23)26-15(13-32-22(26)25-14)12-18(27)24-8-9-29-2/h4-7,13,20H,8-12H2,1-3H3,(H,24,27)/t20-/m0/s1. The number of nitrogens with zero attached hydrogens (tertiary/aromatic N) is 2. The number of ether oxygens (including phenoxy) is 3. The normalized spacial score (nSPS) is 17.6. The predicted molar refractivity (Wildman–Crippen MR) is 124 cm³/mol. The molecule has 2 aliphatic heterocycles. The van der Waals surface area contributed by atoms with Crippen molar-refractivity contribution in [3.63, 3.8) is 0 Å². The van der Waals surface area contributed by atoms with Gasteiger partial charge in [-0.1, -0.05) is 41.6 Å². The first-order valence-electron chi connectivity index (χ1n) is 10.1. The second-order valence-corrected chi connectivity index (χ2v) is 8.31. The van der Waals surface area contributed by atoms with Gasteiger partial charge in [0.2, 0.25) is 5.91 Å². The van der Waals surface area contributed by atoms with Crippen molar-refractivity contribution >= 4 is 40.4 Å². The number of nitrogens with one attached hydrogen (secondary N) is 1. The number of allylic oxidation sites excluding steroid dienone is 1. The Bertz CT molecular complexity index is 963. The quantitative estimate of drug-likeness (QED) is 0.407. The maximum absolute atomic E-state index is 13.1. The third kappa shape index (κ3) is 5.53. The highest BCUT2D eigenvalue weighted by atomic mass is 35.5. The van der Waals surface area contributed by atoms with Crippen LogP contribution in [0.2, 0.25) is 5.02 Å². The number of halogens is 1. The molecule has 0 aromatic heterocycles. The van der Waals surface area contributed by atoms with Crippen LogP contribution < -0.4 is 5.32 Å². The summed E-state index contributed by atoms with van der Waals surface area (Å²) >= 11 is 7.96. The van der Waals surface area contributed by atoms with E-state index in [1.54, 1.807) is 20.1 Å². The molecule has 3 rings (SSSR count). The van der Waals surface area contributed by atoms with E-state index >= 15 is 0 Å². The van der Waals surface area contributed by atoms with Gasteiger partial charge in [-0.3, -0.25) is 4.79 Å². The van der Waals surface area contributed by atoms with E-state index in [0.29, 0.717) is 34.6 Å². The monoisotopic (exact) mass is 479 g/mol. The second kappa shape index (κ2) is 11.5. The molecular weight excluding hydrogens is 454 g/mol. The molecule has 1 atom stereocenters. The molecule has 8 nitrogen and oxygen atoms in total. The highest BCUT2D eigenvalue weighted by Crippen LogP contribution is 2.46. The van der Waals surface area contributed by atoms with Crippen LogP contribution in [0.15, 0.2) is 51.6 Å². The van der Waals surface area contributed by atoms with Crippen molar-refractivity contribution in [2.45, 2.75) is 19.4 Å². The van der Waals surface area contributed by atoms with Crippen LogP contribution in [-0.2, 0) is 23.8 Å². The molecule has 0 unspecified atom stereocenters. The number of aliphatic imine (C=N–C) groups is 1. The summed E-state index contributed by atoms with van der Waals surface area (Å²) in [6, 6.07) is 6.76. The molecule has 0 aliphatic carbocycles. The van der Waals surface area contributed by atoms with Crippen molar-refractivity contribution in [2.75, 3.05) is 40.6 Å². The maximum Gasteiger partial charge on any atom is 0.338 e. The number of esters is 1. The summed E-state index contributed by atoms with van der Waals surface area (Å²) in [5.41, 5.74) is 2.39. The molecule has 1 aromatic rings. The lowest BCUT2D eigenvalue weighted by atomic mass is 9.93. The van der Waals surface area contributed by atoms with Crippen molar-refractivity contribution in [3.05, 3.63) is 57.2 Å². The molecule has 1 aromatic carbocycles. The van der Waals surface area contributed by atoms with Gasteiger partial charge in [0.25, 0.3) is 0 Å². The summed E-state index contributed by atoms with van der Waals surface area (Å²) in [4.78, 5) is 32.1. The molecule has 32 heavy (non-hydrogen) atoms. The average molecular weight is 480 g/mol. The molecule has 0 bridgehead atoms. The van der Waals surface area contributed by atoms with Crippen molar-refractivity contribution in [3.8, 4) is 0 Å². The summed E-state index contributed by atoms with van der Waals surface area (Å²) < 4.78 is 15.4. The zero-order valence-corrected chi connectivity index (χ0v) is 19.8. The fraction of sp³-hybridized carbons (Fsp3) is 0.409. The van der Waals surface area contributed by atoms with Crippen molar-refractivity contribution in [1.82, 2.24) is 10.2 Å². The number of thioether (sulfide) groups is 1. The van der Waals surface area contributed by atoms with E-state index < -0.39 is 12.0 Å². The summed E-state index contributed by atoms with van der Waals surface area (Å²) in [5.74, 6) is -0.642. The highest BCUT2D eigenvalue weighted by molar-refractivity contribution is 8.16. The number of rotatable bonds is 10. The first-order chi connectivity index (χ1) is 15.5. The van der Waals surface area contributed by atoms with Crippen LogP contribution in [0.25, 0.3) is 0 Å². The molecule has 172 valence electrons. The molecule has 0 saturated carbocycles. The molecule has 10 heteroatoms. The topological polar surface area (TPSA) is 89.5 Å². The van der Waals surface area contributed by atoms with E-state index in [1.165, 1.54) is 18.9 Å². The lowest BCUT2D eigenvalue weighted by Gasteiger charge is -2.36. The summed E-state index contributed by atoms with van der Waals surface area (Å²) in [5, 5.41) is 5.89. The van der Waals surface area contributed by atoms with E-state index in [0.717, 1.165) is 11.3 Å². The van der Waals surface area contributed by atoms with Crippen LogP contribution in [-0.4, -0.2) is 62.5 Å². The van der Waals surface area contributed by atoms with Crippen LogP contribution in [0.3, 0.4) is 0 Å². The Labute approximate surface area is 196 Å². The van der Waals surface area contributed by atoms with Gasteiger partial charge in [0.15, 0.2) is 5.17 Å². The molecule has 0 saturated heterocycles. The Morgan fingerprint density at radius 3 is 2.66 bits per heavy atom. The number of methoxy groups -OCH3 is 2. The molecule has 2 heterocycles. The number of fused-ring (bicyclic) bond motifs is 1. The Morgan fingerprint density at radius 2 is 1.94 bits per heavy atom. The van der Waals surface area contributed by atoms with Crippen LogP contribution in [0.5, 0.6) is 0 Å². The summed E-state index contributed by atoms with van der Waals surface area (Å²) in [6.45, 7) is 3.03. The largest absolute Gasteiger partial charge is 0.460 e. The number of carbonyl (C=O) groups excluding carboxylic acids is 2. The SMILES string of the molecule is COCCNC(=O)CC1=CSC2=NC(C)=C(C(=O)OCCOC)[C@H](c3ccccc3Cl)N12. The Balaban J connectivity index is 1.94. The molecule has 1 amide bonds. The maximum atomic E-state index is 13.1. The van der Waals surface area contributed by atoms with Gasteiger partial charge in [-0.05, 0) is 24.0 Å². The Kier molecular flexibility index (Phi) is 8.75. The first-order valence-corrected chi connectivity index (χ1v) is 11.3. The van der Waals surface area contributed by atoms with E-state index in [1.807, 2.05) is 28.5 Å². The highest BCUT2D eigenvalue weighted by Gasteiger charge is 2.41.